The Kier molecular flexibility index (Phi) is 3.56. The van der Waals surface area contributed by atoms with Gasteiger partial charge in [0.2, 0.25) is 0 Å². The first-order chi connectivity index (χ1) is 7.68. The van der Waals surface area contributed by atoms with E-state index in [2.05, 4.69) is 4.98 Å². The second kappa shape index (κ2) is 4.93. The van der Waals surface area contributed by atoms with Crippen LogP contribution in [0.1, 0.15) is 36.2 Å². The van der Waals surface area contributed by atoms with E-state index >= 15 is 0 Å². The Hall–Kier alpha value is -0.940. The van der Waals surface area contributed by atoms with E-state index in [1.54, 1.807) is 10.9 Å². The van der Waals surface area contributed by atoms with Crippen molar-refractivity contribution in [2.45, 2.75) is 37.8 Å². The number of carbonyl (C=O) groups is 1. The lowest BCUT2D eigenvalue weighted by atomic mass is 9.91. The largest absolute Gasteiger partial charge is 0.337 e. The van der Waals surface area contributed by atoms with E-state index < -0.39 is 0 Å². The van der Waals surface area contributed by atoms with Gasteiger partial charge in [-0.3, -0.25) is 4.79 Å². The van der Waals surface area contributed by atoms with E-state index in [1.807, 2.05) is 11.9 Å². The number of amides is 1. The summed E-state index contributed by atoms with van der Waals surface area (Å²) in [4.78, 5) is 17.9. The average Bonchev–Trinajstić information content (AvgIpc) is 2.81. The maximum absolute atomic E-state index is 12.0. The monoisotopic (exact) mass is 239 g/mol. The molecule has 0 aliphatic heterocycles. The Morgan fingerprint density at radius 2 is 2.19 bits per heavy atom. The van der Waals surface area contributed by atoms with Crippen LogP contribution in [0.5, 0.6) is 0 Å². The fraction of sp³-hybridized carbons (Fsp3) is 0.636. The van der Waals surface area contributed by atoms with Gasteiger partial charge in [-0.2, -0.15) is 0 Å². The van der Waals surface area contributed by atoms with Gasteiger partial charge in [-0.1, -0.05) is 0 Å². The topological polar surface area (TPSA) is 59.2 Å². The van der Waals surface area contributed by atoms with E-state index in [-0.39, 0.29) is 5.91 Å². The molecule has 0 unspecified atom stereocenters. The molecule has 2 rings (SSSR count). The third-order valence-corrected chi connectivity index (χ3v) is 3.85. The highest BCUT2D eigenvalue weighted by atomic mass is 32.1. The lowest BCUT2D eigenvalue weighted by molar-refractivity contribution is 0.0685. The molecule has 0 spiro atoms. The fourth-order valence-electron chi connectivity index (χ4n) is 2.15. The second-order valence-corrected chi connectivity index (χ2v) is 5.08. The molecule has 4 nitrogen and oxygen atoms in total. The zero-order valence-corrected chi connectivity index (χ0v) is 10.2. The second-order valence-electron chi connectivity index (χ2n) is 4.36. The van der Waals surface area contributed by atoms with Crippen molar-refractivity contribution in [2.24, 2.45) is 5.73 Å². The van der Waals surface area contributed by atoms with E-state index in [1.165, 1.54) is 11.3 Å². The molecule has 1 aromatic heterocycles. The maximum Gasteiger partial charge on any atom is 0.273 e. The van der Waals surface area contributed by atoms with Gasteiger partial charge >= 0.3 is 0 Å². The Morgan fingerprint density at radius 3 is 2.75 bits per heavy atom. The van der Waals surface area contributed by atoms with Crippen molar-refractivity contribution in [1.82, 2.24) is 9.88 Å². The quantitative estimate of drug-likeness (QED) is 0.850. The SMILES string of the molecule is CN(C(=O)c1cscn1)C1CCC(N)CC1. The molecule has 0 radical (unpaired) electrons. The predicted molar refractivity (Wildman–Crippen MR) is 64.4 cm³/mol. The maximum atomic E-state index is 12.0. The number of hydrogen-bond acceptors (Lipinski definition) is 4. The fourth-order valence-corrected chi connectivity index (χ4v) is 2.68. The van der Waals surface area contributed by atoms with Crippen LogP contribution < -0.4 is 5.73 Å². The normalized spacial score (nSPS) is 25.4. The Labute approximate surface area is 99.5 Å². The molecule has 2 N–H and O–H groups in total. The highest BCUT2D eigenvalue weighted by Gasteiger charge is 2.26. The predicted octanol–water partition coefficient (Wildman–Crippen LogP) is 1.49. The third kappa shape index (κ3) is 2.41. The van der Waals surface area contributed by atoms with E-state index in [9.17, 15) is 4.79 Å². The highest BCUT2D eigenvalue weighted by molar-refractivity contribution is 7.07. The first kappa shape index (κ1) is 11.5. The zero-order chi connectivity index (χ0) is 11.5. The first-order valence-electron chi connectivity index (χ1n) is 5.59. The molecular weight excluding hydrogens is 222 g/mol. The van der Waals surface area contributed by atoms with E-state index in [4.69, 9.17) is 5.73 Å². The van der Waals surface area contributed by atoms with Crippen LogP contribution in [0.25, 0.3) is 0 Å². The molecule has 1 aliphatic carbocycles. The van der Waals surface area contributed by atoms with E-state index in [0.29, 0.717) is 17.8 Å². The summed E-state index contributed by atoms with van der Waals surface area (Å²) in [5.41, 5.74) is 8.10. The summed E-state index contributed by atoms with van der Waals surface area (Å²) in [6.07, 6.45) is 4.04. The molecule has 1 saturated carbocycles. The molecular formula is C11H17N3OS. The molecule has 0 saturated heterocycles. The van der Waals surface area contributed by atoms with Crippen LogP contribution in [0.4, 0.5) is 0 Å². The molecule has 88 valence electrons. The van der Waals surface area contributed by atoms with Crippen LogP contribution in [0.3, 0.4) is 0 Å². The van der Waals surface area contributed by atoms with Crippen molar-refractivity contribution in [2.75, 3.05) is 7.05 Å². The van der Waals surface area contributed by atoms with Crippen molar-refractivity contribution < 1.29 is 4.79 Å². The van der Waals surface area contributed by atoms with Crippen LogP contribution in [0.15, 0.2) is 10.9 Å². The van der Waals surface area contributed by atoms with Crippen LogP contribution in [-0.4, -0.2) is 34.9 Å². The standard InChI is InChI=1S/C11H17N3OS/c1-14(9-4-2-8(12)3-5-9)11(15)10-6-16-7-13-10/h6-9H,2-5,12H2,1H3. The van der Waals surface area contributed by atoms with Gasteiger partial charge < -0.3 is 10.6 Å². The summed E-state index contributed by atoms with van der Waals surface area (Å²) < 4.78 is 0. The average molecular weight is 239 g/mol. The summed E-state index contributed by atoms with van der Waals surface area (Å²) in [7, 11) is 1.86. The van der Waals surface area contributed by atoms with Crippen molar-refractivity contribution in [1.29, 1.82) is 0 Å². The van der Waals surface area contributed by atoms with Gasteiger partial charge in [-0.15, -0.1) is 11.3 Å². The van der Waals surface area contributed by atoms with Gasteiger partial charge in [0.05, 0.1) is 5.51 Å². The van der Waals surface area contributed by atoms with Crippen LogP contribution in [-0.2, 0) is 0 Å². The number of thiazole rings is 1. The lowest BCUT2D eigenvalue weighted by Gasteiger charge is -2.33. The zero-order valence-electron chi connectivity index (χ0n) is 9.43. The minimum Gasteiger partial charge on any atom is -0.337 e. The van der Waals surface area contributed by atoms with Crippen LogP contribution in [0.2, 0.25) is 0 Å². The van der Waals surface area contributed by atoms with Crippen LogP contribution in [0, 0.1) is 0 Å². The molecule has 0 atom stereocenters. The Bertz CT molecular complexity index is 344. The summed E-state index contributed by atoms with van der Waals surface area (Å²) in [6.45, 7) is 0. The number of rotatable bonds is 2. The minimum atomic E-state index is 0.0294. The van der Waals surface area contributed by atoms with Crippen molar-refractivity contribution in [3.05, 3.63) is 16.6 Å². The van der Waals surface area contributed by atoms with Gasteiger partial charge in [-0.05, 0) is 25.7 Å². The molecule has 16 heavy (non-hydrogen) atoms. The Balaban J connectivity index is 1.97. The molecule has 1 aromatic rings. The van der Waals surface area contributed by atoms with Gasteiger partial charge in [0.1, 0.15) is 5.69 Å². The van der Waals surface area contributed by atoms with Crippen molar-refractivity contribution >= 4 is 17.2 Å². The first-order valence-corrected chi connectivity index (χ1v) is 6.53. The van der Waals surface area contributed by atoms with Gasteiger partial charge in [0.25, 0.3) is 5.91 Å². The highest BCUT2D eigenvalue weighted by Crippen LogP contribution is 2.22. The van der Waals surface area contributed by atoms with Gasteiger partial charge in [0, 0.05) is 24.5 Å². The molecule has 5 heteroatoms. The molecule has 1 heterocycles. The number of aromatic nitrogens is 1. The summed E-state index contributed by atoms with van der Waals surface area (Å²) in [5, 5.41) is 1.80. The number of nitrogens with zero attached hydrogens (tertiary/aromatic N) is 2. The smallest absolute Gasteiger partial charge is 0.273 e. The lowest BCUT2D eigenvalue weighted by Crippen LogP contribution is -2.41. The summed E-state index contributed by atoms with van der Waals surface area (Å²) >= 11 is 1.45. The molecule has 1 aliphatic rings. The number of nitrogens with two attached hydrogens (primary N) is 1. The summed E-state index contributed by atoms with van der Waals surface area (Å²) in [6, 6.07) is 0.646. The van der Waals surface area contributed by atoms with Crippen molar-refractivity contribution in [3.8, 4) is 0 Å². The molecule has 0 aromatic carbocycles. The van der Waals surface area contributed by atoms with E-state index in [0.717, 1.165) is 25.7 Å². The Morgan fingerprint density at radius 1 is 1.50 bits per heavy atom. The van der Waals surface area contributed by atoms with Crippen LogP contribution >= 0.6 is 11.3 Å². The molecule has 1 amide bonds. The van der Waals surface area contributed by atoms with Gasteiger partial charge in [-0.25, -0.2) is 4.98 Å². The molecule has 0 bridgehead atoms. The van der Waals surface area contributed by atoms with Gasteiger partial charge in [0.15, 0.2) is 0 Å². The number of carbonyl (C=O) groups excluding carboxylic acids is 1. The summed E-state index contributed by atoms with van der Waals surface area (Å²) in [5.74, 6) is 0.0294. The number of hydrogen-bond donors (Lipinski definition) is 1. The minimum absolute atomic E-state index is 0.0294. The molecule has 1 fully saturated rings. The third-order valence-electron chi connectivity index (χ3n) is 3.26. The van der Waals surface area contributed by atoms with Crippen molar-refractivity contribution in [3.63, 3.8) is 0 Å².